The van der Waals surface area contributed by atoms with E-state index < -0.39 is 5.92 Å². The molecule has 1 amide bonds. The second-order valence-electron chi connectivity index (χ2n) is 15.8. The number of unbranched alkanes of at least 4 members (excludes halogenated alkanes) is 10. The number of esters is 4. The van der Waals surface area contributed by atoms with E-state index in [9.17, 15) is 24.0 Å². The molecule has 0 aliphatic heterocycles. The maximum atomic E-state index is 12.7. The molecule has 2 unspecified atom stereocenters. The molecule has 0 aromatic carbocycles. The number of ether oxygens (including phenoxy) is 4. The Morgan fingerprint density at radius 2 is 0.966 bits per heavy atom. The van der Waals surface area contributed by atoms with E-state index in [1.165, 1.54) is 24.6 Å². The molecule has 340 valence electrons. The van der Waals surface area contributed by atoms with E-state index in [2.05, 4.69) is 51.8 Å². The summed E-state index contributed by atoms with van der Waals surface area (Å²) in [7, 11) is 0. The van der Waals surface area contributed by atoms with Crippen molar-refractivity contribution in [2.45, 2.75) is 189 Å². The number of carbonyl (C=O) groups excluding carboxylic acids is 5. The molecule has 0 aliphatic rings. The first kappa shape index (κ1) is 55.7. The van der Waals surface area contributed by atoms with Gasteiger partial charge in [-0.3, -0.25) is 24.0 Å². The molecule has 0 aromatic rings. The van der Waals surface area contributed by atoms with Crippen LogP contribution in [0.15, 0.2) is 0 Å². The first-order valence-electron chi connectivity index (χ1n) is 23.4. The monoisotopic (exact) mass is 843 g/mol. The maximum Gasteiger partial charge on any atom is 0.308 e. The van der Waals surface area contributed by atoms with Crippen LogP contribution in [0, 0.1) is 17.8 Å². The summed E-state index contributed by atoms with van der Waals surface area (Å²) < 4.78 is 22.3. The van der Waals surface area contributed by atoms with Crippen LogP contribution in [0.25, 0.3) is 0 Å². The van der Waals surface area contributed by atoms with Gasteiger partial charge >= 0.3 is 23.9 Å². The average molecular weight is 843 g/mol. The zero-order valence-electron chi connectivity index (χ0n) is 37.9. The smallest absolute Gasteiger partial charge is 0.308 e. The van der Waals surface area contributed by atoms with E-state index >= 15 is 0 Å². The van der Waals surface area contributed by atoms with Crippen LogP contribution in [0.5, 0.6) is 0 Å². The maximum absolute atomic E-state index is 12.7. The second-order valence-corrected chi connectivity index (χ2v) is 16.8. The molecular weight excluding hydrogens is 757 g/mol. The lowest BCUT2D eigenvalue weighted by Crippen LogP contribution is -2.33. The molecule has 0 radical (unpaired) electrons. The van der Waals surface area contributed by atoms with Gasteiger partial charge in [-0.15, -0.1) is 0 Å². The second kappa shape index (κ2) is 40.1. The molecule has 0 aromatic heterocycles. The summed E-state index contributed by atoms with van der Waals surface area (Å²) in [5.74, 6) is -0.853. The zero-order chi connectivity index (χ0) is 43.1. The Balaban J connectivity index is 4.84. The Morgan fingerprint density at radius 3 is 1.40 bits per heavy atom. The fourth-order valence-electron chi connectivity index (χ4n) is 6.62. The van der Waals surface area contributed by atoms with Crippen molar-refractivity contribution in [1.29, 1.82) is 0 Å². The highest BCUT2D eigenvalue weighted by atomic mass is 32.2. The van der Waals surface area contributed by atoms with E-state index in [-0.39, 0.29) is 86.8 Å². The number of hydrogen-bond acceptors (Lipinski definition) is 11. The van der Waals surface area contributed by atoms with Crippen LogP contribution < -0.4 is 5.32 Å². The average Bonchev–Trinajstić information content (AvgIpc) is 3.22. The minimum atomic E-state index is -0.412. The van der Waals surface area contributed by atoms with Gasteiger partial charge in [0.1, 0.15) is 0 Å². The van der Waals surface area contributed by atoms with Gasteiger partial charge in [-0.1, -0.05) is 130 Å². The number of thioether (sulfide) groups is 1. The van der Waals surface area contributed by atoms with Gasteiger partial charge in [0.25, 0.3) is 5.24 Å². The van der Waals surface area contributed by atoms with Crippen molar-refractivity contribution in [1.82, 2.24) is 10.2 Å². The molecule has 11 nitrogen and oxygen atoms in total. The predicted molar refractivity (Wildman–Crippen MR) is 237 cm³/mol. The Kier molecular flexibility index (Phi) is 38.5. The van der Waals surface area contributed by atoms with Crippen LogP contribution in [0.2, 0.25) is 0 Å². The summed E-state index contributed by atoms with van der Waals surface area (Å²) in [6.45, 7) is 16.5. The summed E-state index contributed by atoms with van der Waals surface area (Å²) in [5.41, 5.74) is 0. The topological polar surface area (TPSA) is 138 Å². The van der Waals surface area contributed by atoms with Crippen molar-refractivity contribution < 1.29 is 42.9 Å². The molecule has 58 heavy (non-hydrogen) atoms. The molecule has 12 heteroatoms. The molecule has 0 saturated carbocycles. The van der Waals surface area contributed by atoms with Crippen LogP contribution in [0.4, 0.5) is 4.79 Å². The van der Waals surface area contributed by atoms with Crippen LogP contribution >= 0.6 is 11.8 Å². The molecule has 0 spiro atoms. The molecule has 0 fully saturated rings. The van der Waals surface area contributed by atoms with E-state index in [1.807, 2.05) is 0 Å². The van der Waals surface area contributed by atoms with Gasteiger partial charge in [-0.25, -0.2) is 0 Å². The summed E-state index contributed by atoms with van der Waals surface area (Å²) in [6, 6.07) is 0. The lowest BCUT2D eigenvalue weighted by atomic mass is 9.95. The lowest BCUT2D eigenvalue weighted by molar-refractivity contribution is -0.150. The molecule has 0 rings (SSSR count). The highest BCUT2D eigenvalue weighted by Crippen LogP contribution is 2.21. The minimum absolute atomic E-state index is 0.00125. The van der Waals surface area contributed by atoms with Crippen molar-refractivity contribution in [3.05, 3.63) is 0 Å². The first-order chi connectivity index (χ1) is 28.1. The van der Waals surface area contributed by atoms with Crippen LogP contribution in [0.3, 0.4) is 0 Å². The first-order valence-corrected chi connectivity index (χ1v) is 24.4. The number of nitrogens with zero attached hydrogens (tertiary/aromatic N) is 1. The minimum Gasteiger partial charge on any atom is -0.465 e. The molecule has 0 saturated heterocycles. The highest BCUT2D eigenvalue weighted by Gasteiger charge is 2.21. The molecule has 0 heterocycles. The summed E-state index contributed by atoms with van der Waals surface area (Å²) >= 11 is 1.22. The third kappa shape index (κ3) is 32.5. The molecule has 0 bridgehead atoms. The summed E-state index contributed by atoms with van der Waals surface area (Å²) in [6.07, 6.45) is 20.1. The van der Waals surface area contributed by atoms with Gasteiger partial charge < -0.3 is 29.2 Å². The molecule has 0 aliphatic carbocycles. The SMILES string of the molecule is CCCCCCC(CCCC)C(=O)OCCCCC(=O)OCC(CNC(=O)SCCCN(CC)CC)COC(=O)CCCCOC(=O)C(CCCC)CCCCCC. The van der Waals surface area contributed by atoms with Crippen molar-refractivity contribution in [2.75, 3.05) is 58.4 Å². The molecular formula is C46H86N2O9S. The van der Waals surface area contributed by atoms with E-state index in [4.69, 9.17) is 18.9 Å². The van der Waals surface area contributed by atoms with Gasteiger partial charge in [0.05, 0.1) is 38.3 Å². The van der Waals surface area contributed by atoms with Crippen molar-refractivity contribution >= 4 is 40.9 Å². The standard InChI is InChI=1S/C46H86N2O9S/c1-7-13-17-19-28-40(26-15-9-3)44(51)54-33-23-21-30-42(49)56-37-39(36-47-46(53)58-35-25-32-48(11-5)12-6)38-57-43(50)31-22-24-34-55-45(52)41(27-16-10-4)29-20-18-14-8-2/h39-41H,7-38H2,1-6H3,(H,47,53). The van der Waals surface area contributed by atoms with E-state index in [0.717, 1.165) is 116 Å². The van der Waals surface area contributed by atoms with Gasteiger partial charge in [0, 0.05) is 31.1 Å². The quantitative estimate of drug-likeness (QED) is 0.0358. The summed E-state index contributed by atoms with van der Waals surface area (Å²) in [5, 5.41) is 2.73. The van der Waals surface area contributed by atoms with Crippen molar-refractivity contribution in [3.8, 4) is 0 Å². The van der Waals surface area contributed by atoms with E-state index in [0.29, 0.717) is 31.4 Å². The van der Waals surface area contributed by atoms with E-state index in [1.54, 1.807) is 0 Å². The fraction of sp³-hybridized carbons (Fsp3) is 0.891. The number of rotatable bonds is 40. The van der Waals surface area contributed by atoms with Crippen molar-refractivity contribution in [3.63, 3.8) is 0 Å². The largest absolute Gasteiger partial charge is 0.465 e. The van der Waals surface area contributed by atoms with Gasteiger partial charge in [-0.05, 0) is 77.4 Å². The third-order valence-corrected chi connectivity index (χ3v) is 11.5. The van der Waals surface area contributed by atoms with Crippen molar-refractivity contribution in [2.24, 2.45) is 17.8 Å². The normalized spacial score (nSPS) is 12.8. The molecule has 1 N–H and O–H groups in total. The van der Waals surface area contributed by atoms with Gasteiger partial charge in [-0.2, -0.15) is 0 Å². The Labute approximate surface area is 358 Å². The van der Waals surface area contributed by atoms with Crippen LogP contribution in [0.1, 0.15) is 189 Å². The number of hydrogen-bond donors (Lipinski definition) is 1. The molecule has 2 atom stereocenters. The third-order valence-electron chi connectivity index (χ3n) is 10.6. The Morgan fingerprint density at radius 1 is 0.517 bits per heavy atom. The Bertz CT molecular complexity index is 981. The number of amides is 1. The Hall–Kier alpha value is -2.34. The number of carbonyl (C=O) groups is 5. The predicted octanol–water partition coefficient (Wildman–Crippen LogP) is 10.8. The van der Waals surface area contributed by atoms with Crippen LogP contribution in [-0.2, 0) is 38.1 Å². The highest BCUT2D eigenvalue weighted by molar-refractivity contribution is 8.13. The number of nitrogens with one attached hydrogen (secondary N) is 1. The fourth-order valence-corrected chi connectivity index (χ4v) is 7.27. The zero-order valence-corrected chi connectivity index (χ0v) is 38.7. The summed E-state index contributed by atoms with van der Waals surface area (Å²) in [4.78, 5) is 65.7. The van der Waals surface area contributed by atoms with Gasteiger partial charge in [0.15, 0.2) is 0 Å². The van der Waals surface area contributed by atoms with Gasteiger partial charge in [0.2, 0.25) is 0 Å². The van der Waals surface area contributed by atoms with Crippen LogP contribution in [-0.4, -0.2) is 92.4 Å². The lowest BCUT2D eigenvalue weighted by Gasteiger charge is -2.19.